The number of hydrogen-bond donors (Lipinski definition) is 0. The van der Waals surface area contributed by atoms with Gasteiger partial charge in [0.05, 0.1) is 12.8 Å². The van der Waals surface area contributed by atoms with Crippen LogP contribution < -0.4 is 4.74 Å². The largest absolute Gasteiger partial charge is 0.496 e. The Balaban J connectivity index is 2.58. The summed E-state index contributed by atoms with van der Waals surface area (Å²) in [5.74, 6) is 0.908. The molecule has 2 rings (SSSR count). The molecular weight excluding hydrogens is 316 g/mol. The molecule has 0 N–H and O–H groups in total. The van der Waals surface area contributed by atoms with E-state index in [4.69, 9.17) is 4.74 Å². The Labute approximate surface area is 128 Å². The van der Waals surface area contributed by atoms with E-state index in [-0.39, 0.29) is 5.41 Å². The van der Waals surface area contributed by atoms with Crippen LogP contribution in [0, 0.1) is 6.92 Å². The summed E-state index contributed by atoms with van der Waals surface area (Å²) in [6, 6.07) is 8.16. The van der Waals surface area contributed by atoms with Gasteiger partial charge in [0.25, 0.3) is 0 Å². The molecule has 0 fully saturated rings. The van der Waals surface area contributed by atoms with Crippen LogP contribution in [0.15, 0.2) is 29.0 Å². The van der Waals surface area contributed by atoms with Gasteiger partial charge in [-0.15, -0.1) is 0 Å². The molecule has 106 valence electrons. The number of aromatic nitrogens is 2. The van der Waals surface area contributed by atoms with E-state index in [1.54, 1.807) is 7.11 Å². The predicted octanol–water partition coefficient (Wildman–Crippen LogP) is 4.52. The molecular formula is C16H19BrN2O. The topological polar surface area (TPSA) is 35.0 Å². The summed E-state index contributed by atoms with van der Waals surface area (Å²) in [6.45, 7) is 8.49. The zero-order valence-corrected chi connectivity index (χ0v) is 14.1. The Morgan fingerprint density at radius 2 is 1.80 bits per heavy atom. The molecule has 2 aromatic rings. The Kier molecular flexibility index (Phi) is 4.14. The molecule has 0 unspecified atom stereocenters. The fraction of sp³-hybridized carbons (Fsp3) is 0.375. The van der Waals surface area contributed by atoms with E-state index < -0.39 is 0 Å². The Morgan fingerprint density at radius 3 is 2.35 bits per heavy atom. The van der Waals surface area contributed by atoms with E-state index in [9.17, 15) is 0 Å². The quantitative estimate of drug-likeness (QED) is 0.757. The van der Waals surface area contributed by atoms with Crippen molar-refractivity contribution < 1.29 is 4.74 Å². The molecule has 0 atom stereocenters. The van der Waals surface area contributed by atoms with Gasteiger partial charge in [0.1, 0.15) is 5.75 Å². The minimum atomic E-state index is 0.0145. The molecule has 0 radical (unpaired) electrons. The van der Waals surface area contributed by atoms with Crippen LogP contribution in [0.5, 0.6) is 5.75 Å². The number of rotatable bonds is 2. The first-order valence-electron chi connectivity index (χ1n) is 6.51. The molecule has 1 heterocycles. The molecule has 0 saturated carbocycles. The van der Waals surface area contributed by atoms with Crippen molar-refractivity contribution in [1.29, 1.82) is 0 Å². The fourth-order valence-corrected chi connectivity index (χ4v) is 2.60. The summed E-state index contributed by atoms with van der Waals surface area (Å²) in [6.07, 6.45) is 0. The van der Waals surface area contributed by atoms with Crippen molar-refractivity contribution in [1.82, 2.24) is 9.97 Å². The highest BCUT2D eigenvalue weighted by Crippen LogP contribution is 2.34. The maximum absolute atomic E-state index is 5.47. The number of aryl methyl sites for hydroxylation is 1. The van der Waals surface area contributed by atoms with Crippen LogP contribution >= 0.6 is 15.9 Å². The summed E-state index contributed by atoms with van der Waals surface area (Å²) < 4.78 is 6.08. The molecule has 3 nitrogen and oxygen atoms in total. The SMILES string of the molecule is COc1ccc(-c2cc(C)nc(Br)n2)cc1C(C)(C)C. The number of ether oxygens (including phenoxy) is 1. The third kappa shape index (κ3) is 3.18. The first-order chi connectivity index (χ1) is 9.31. The van der Waals surface area contributed by atoms with Gasteiger partial charge < -0.3 is 4.74 Å². The summed E-state index contributed by atoms with van der Waals surface area (Å²) >= 11 is 3.35. The minimum absolute atomic E-state index is 0.0145. The second-order valence-electron chi connectivity index (χ2n) is 5.83. The van der Waals surface area contributed by atoms with Crippen molar-refractivity contribution in [2.45, 2.75) is 33.1 Å². The van der Waals surface area contributed by atoms with Gasteiger partial charge in [-0.3, -0.25) is 0 Å². The fourth-order valence-electron chi connectivity index (χ4n) is 2.13. The van der Waals surface area contributed by atoms with E-state index in [1.807, 2.05) is 25.1 Å². The molecule has 0 aliphatic carbocycles. The van der Waals surface area contributed by atoms with E-state index in [0.29, 0.717) is 4.73 Å². The Hall–Kier alpha value is -1.42. The molecule has 0 aliphatic rings. The first-order valence-corrected chi connectivity index (χ1v) is 7.30. The average Bonchev–Trinajstić information content (AvgIpc) is 2.35. The molecule has 20 heavy (non-hydrogen) atoms. The normalized spacial score (nSPS) is 11.5. The van der Waals surface area contributed by atoms with Crippen LogP contribution in [0.3, 0.4) is 0 Å². The second-order valence-corrected chi connectivity index (χ2v) is 6.54. The predicted molar refractivity (Wildman–Crippen MR) is 85.2 cm³/mol. The van der Waals surface area contributed by atoms with Gasteiger partial charge in [-0.05, 0) is 52.5 Å². The smallest absolute Gasteiger partial charge is 0.197 e. The lowest BCUT2D eigenvalue weighted by molar-refractivity contribution is 0.397. The third-order valence-corrected chi connectivity index (χ3v) is 3.48. The number of methoxy groups -OCH3 is 1. The van der Waals surface area contributed by atoms with Gasteiger partial charge in [-0.2, -0.15) is 0 Å². The molecule has 0 aliphatic heterocycles. The summed E-state index contributed by atoms with van der Waals surface area (Å²) in [5, 5.41) is 0. The molecule has 0 amide bonds. The minimum Gasteiger partial charge on any atom is -0.496 e. The van der Waals surface area contributed by atoms with Crippen LogP contribution in [0.1, 0.15) is 32.0 Å². The van der Waals surface area contributed by atoms with Crippen LogP contribution in [-0.2, 0) is 5.41 Å². The first kappa shape index (κ1) is 15.0. The molecule has 1 aromatic heterocycles. The highest BCUT2D eigenvalue weighted by atomic mass is 79.9. The second kappa shape index (κ2) is 5.52. The monoisotopic (exact) mass is 334 g/mol. The lowest BCUT2D eigenvalue weighted by Gasteiger charge is -2.22. The number of nitrogens with zero attached hydrogens (tertiary/aromatic N) is 2. The lowest BCUT2D eigenvalue weighted by atomic mass is 9.85. The van der Waals surface area contributed by atoms with Crippen molar-refractivity contribution >= 4 is 15.9 Å². The molecule has 0 bridgehead atoms. The van der Waals surface area contributed by atoms with Crippen LogP contribution in [0.2, 0.25) is 0 Å². The maximum atomic E-state index is 5.47. The molecule has 1 aromatic carbocycles. The average molecular weight is 335 g/mol. The van der Waals surface area contributed by atoms with E-state index in [0.717, 1.165) is 22.7 Å². The van der Waals surface area contributed by atoms with Crippen molar-refractivity contribution in [3.63, 3.8) is 0 Å². The van der Waals surface area contributed by atoms with Crippen LogP contribution in [0.4, 0.5) is 0 Å². The molecule has 0 saturated heterocycles. The maximum Gasteiger partial charge on any atom is 0.197 e. The van der Waals surface area contributed by atoms with E-state index >= 15 is 0 Å². The molecule has 4 heteroatoms. The van der Waals surface area contributed by atoms with Crippen molar-refractivity contribution in [2.24, 2.45) is 0 Å². The van der Waals surface area contributed by atoms with Crippen LogP contribution in [-0.4, -0.2) is 17.1 Å². The number of halogens is 1. The van der Waals surface area contributed by atoms with E-state index in [1.165, 1.54) is 5.56 Å². The van der Waals surface area contributed by atoms with Crippen LogP contribution in [0.25, 0.3) is 11.3 Å². The van der Waals surface area contributed by atoms with Gasteiger partial charge in [-0.1, -0.05) is 20.8 Å². The molecule has 0 spiro atoms. The van der Waals surface area contributed by atoms with Gasteiger partial charge in [0.15, 0.2) is 4.73 Å². The zero-order valence-electron chi connectivity index (χ0n) is 12.5. The number of hydrogen-bond acceptors (Lipinski definition) is 3. The zero-order chi connectivity index (χ0) is 14.9. The standard InChI is InChI=1S/C16H19BrN2O/c1-10-8-13(19-15(17)18-10)11-6-7-14(20-5)12(9-11)16(2,3)4/h6-9H,1-5H3. The summed E-state index contributed by atoms with van der Waals surface area (Å²) in [4.78, 5) is 8.69. The Morgan fingerprint density at radius 1 is 1.10 bits per heavy atom. The summed E-state index contributed by atoms with van der Waals surface area (Å²) in [5.41, 5.74) is 4.11. The highest BCUT2D eigenvalue weighted by Gasteiger charge is 2.20. The van der Waals surface area contributed by atoms with Crippen molar-refractivity contribution in [3.05, 3.63) is 40.3 Å². The van der Waals surface area contributed by atoms with Gasteiger partial charge >= 0.3 is 0 Å². The summed E-state index contributed by atoms with van der Waals surface area (Å²) in [7, 11) is 1.70. The van der Waals surface area contributed by atoms with Crippen molar-refractivity contribution in [3.8, 4) is 17.0 Å². The van der Waals surface area contributed by atoms with Crippen molar-refractivity contribution in [2.75, 3.05) is 7.11 Å². The van der Waals surface area contributed by atoms with Gasteiger partial charge in [-0.25, -0.2) is 9.97 Å². The van der Waals surface area contributed by atoms with E-state index in [2.05, 4.69) is 52.7 Å². The van der Waals surface area contributed by atoms with Gasteiger partial charge in [0, 0.05) is 16.8 Å². The van der Waals surface area contributed by atoms with Gasteiger partial charge in [0.2, 0.25) is 0 Å². The number of benzene rings is 1. The lowest BCUT2D eigenvalue weighted by Crippen LogP contribution is -2.13. The third-order valence-electron chi connectivity index (χ3n) is 3.13. The Bertz CT molecular complexity index is 613. The highest BCUT2D eigenvalue weighted by molar-refractivity contribution is 9.10.